The predicted molar refractivity (Wildman–Crippen MR) is 67.2 cm³/mol. The summed E-state index contributed by atoms with van der Waals surface area (Å²) in [5.74, 6) is 1.03. The summed E-state index contributed by atoms with van der Waals surface area (Å²) < 4.78 is 5.57. The first-order valence-electron chi connectivity index (χ1n) is 5.12. The molecule has 2 heterocycles. The Morgan fingerprint density at radius 3 is 3.00 bits per heavy atom. The van der Waals surface area contributed by atoms with E-state index in [1.165, 1.54) is 10.8 Å². The van der Waals surface area contributed by atoms with Crippen LogP contribution < -0.4 is 0 Å². The molecule has 0 fully saturated rings. The highest BCUT2D eigenvalue weighted by atomic mass is 35.5. The molecule has 4 heteroatoms. The van der Waals surface area contributed by atoms with E-state index in [4.69, 9.17) is 4.42 Å². The van der Waals surface area contributed by atoms with Crippen molar-refractivity contribution in [2.75, 3.05) is 13.1 Å². The molecule has 0 radical (unpaired) electrons. The van der Waals surface area contributed by atoms with Crippen molar-refractivity contribution in [1.29, 1.82) is 0 Å². The predicted octanol–water partition coefficient (Wildman–Crippen LogP) is 2.70. The summed E-state index contributed by atoms with van der Waals surface area (Å²) in [7, 11) is 0. The minimum Gasteiger partial charge on any atom is -0.466 e. The monoisotopic (exact) mass is 236 g/mol. The fourth-order valence-electron chi connectivity index (χ4n) is 1.90. The van der Waals surface area contributed by atoms with Gasteiger partial charge in [-0.25, -0.2) is 0 Å². The highest BCUT2D eigenvalue weighted by Crippen LogP contribution is 2.21. The molecule has 0 atom stereocenters. The van der Waals surface area contributed by atoms with Crippen LogP contribution in [0.3, 0.4) is 0 Å². The average Bonchev–Trinajstić information content (AvgIpc) is 2.89. The van der Waals surface area contributed by atoms with E-state index >= 15 is 0 Å². The Hall–Kier alpha value is -1.48. The van der Waals surface area contributed by atoms with Crippen molar-refractivity contribution < 1.29 is 4.42 Å². The lowest BCUT2D eigenvalue weighted by Gasteiger charge is -2.11. The average molecular weight is 237 g/mol. The number of nitrogens with zero attached hydrogens (tertiary/aromatic N) is 2. The van der Waals surface area contributed by atoms with Gasteiger partial charge in [-0.05, 0) is 0 Å². The molecule has 3 nitrogen and oxygen atoms in total. The number of aliphatic imine (C=N–C) groups is 1. The summed E-state index contributed by atoms with van der Waals surface area (Å²) in [5, 5.41) is 2.38. The van der Waals surface area contributed by atoms with Gasteiger partial charge < -0.3 is 9.32 Å². The molecule has 1 aliphatic heterocycles. The van der Waals surface area contributed by atoms with Crippen molar-refractivity contribution in [2.45, 2.75) is 6.54 Å². The van der Waals surface area contributed by atoms with E-state index in [-0.39, 0.29) is 12.4 Å². The van der Waals surface area contributed by atoms with Crippen molar-refractivity contribution in [1.82, 2.24) is 4.90 Å². The molecule has 0 N–H and O–H groups in total. The molecular weight excluding hydrogens is 224 g/mol. The normalized spacial score (nSPS) is 14.4. The van der Waals surface area contributed by atoms with E-state index in [1.807, 2.05) is 24.7 Å². The molecular formula is C12H13ClN2O. The largest absolute Gasteiger partial charge is 0.466 e. The summed E-state index contributed by atoms with van der Waals surface area (Å²) in [6, 6.07) is 8.24. The Labute approximate surface area is 100 Å². The first-order chi connectivity index (χ1) is 7.43. The van der Waals surface area contributed by atoms with Crippen LogP contribution >= 0.6 is 12.4 Å². The molecule has 16 heavy (non-hydrogen) atoms. The number of hydrogen-bond donors (Lipinski definition) is 0. The maximum absolute atomic E-state index is 5.57. The smallest absolute Gasteiger partial charge is 0.130 e. The number of hydrogen-bond acceptors (Lipinski definition) is 3. The first-order valence-corrected chi connectivity index (χ1v) is 5.12. The van der Waals surface area contributed by atoms with Gasteiger partial charge in [0.25, 0.3) is 0 Å². The lowest BCUT2D eigenvalue weighted by Crippen LogP contribution is -2.18. The van der Waals surface area contributed by atoms with Crippen LogP contribution in [0.15, 0.2) is 39.9 Å². The lowest BCUT2D eigenvalue weighted by atomic mass is 10.2. The van der Waals surface area contributed by atoms with Gasteiger partial charge in [0, 0.05) is 17.3 Å². The number of halogens is 1. The van der Waals surface area contributed by atoms with E-state index in [0.29, 0.717) is 0 Å². The van der Waals surface area contributed by atoms with E-state index in [9.17, 15) is 0 Å². The molecule has 0 amide bonds. The third kappa shape index (κ3) is 1.91. The number of furan rings is 1. The Bertz CT molecular complexity index is 506. The molecule has 2 aromatic rings. The molecule has 0 bridgehead atoms. The van der Waals surface area contributed by atoms with Gasteiger partial charge in [-0.1, -0.05) is 24.3 Å². The van der Waals surface area contributed by atoms with E-state index in [1.54, 1.807) is 0 Å². The molecule has 84 valence electrons. The highest BCUT2D eigenvalue weighted by molar-refractivity contribution is 5.85. The molecule has 1 aromatic heterocycles. The SMILES string of the molecule is C1=NCCN1Cc1occ2ccccc12.Cl. The lowest BCUT2D eigenvalue weighted by molar-refractivity contribution is 0.395. The molecule has 0 spiro atoms. The van der Waals surface area contributed by atoms with Gasteiger partial charge in [0.05, 0.1) is 25.7 Å². The maximum atomic E-state index is 5.57. The zero-order chi connectivity index (χ0) is 10.1. The van der Waals surface area contributed by atoms with Gasteiger partial charge in [0.2, 0.25) is 0 Å². The summed E-state index contributed by atoms with van der Waals surface area (Å²) in [6.07, 6.45) is 3.72. The van der Waals surface area contributed by atoms with E-state index in [2.05, 4.69) is 22.0 Å². The van der Waals surface area contributed by atoms with Crippen LogP contribution in [-0.4, -0.2) is 24.3 Å². The Balaban J connectivity index is 0.000000963. The van der Waals surface area contributed by atoms with Crippen LogP contribution in [0.25, 0.3) is 10.8 Å². The molecule has 1 aromatic carbocycles. The zero-order valence-corrected chi connectivity index (χ0v) is 9.61. The minimum absolute atomic E-state index is 0. The fraction of sp³-hybridized carbons (Fsp3) is 0.250. The van der Waals surface area contributed by atoms with Gasteiger partial charge in [0.1, 0.15) is 5.76 Å². The molecule has 0 saturated heterocycles. The number of fused-ring (bicyclic) bond motifs is 1. The van der Waals surface area contributed by atoms with Crippen molar-refractivity contribution in [3.05, 3.63) is 36.3 Å². The van der Waals surface area contributed by atoms with Crippen molar-refractivity contribution in [3.63, 3.8) is 0 Å². The summed E-state index contributed by atoms with van der Waals surface area (Å²) >= 11 is 0. The van der Waals surface area contributed by atoms with Gasteiger partial charge in [-0.3, -0.25) is 4.99 Å². The van der Waals surface area contributed by atoms with Crippen LogP contribution in [0.2, 0.25) is 0 Å². The number of rotatable bonds is 2. The van der Waals surface area contributed by atoms with Crippen LogP contribution in [0.4, 0.5) is 0 Å². The quantitative estimate of drug-likeness (QED) is 0.802. The Morgan fingerprint density at radius 2 is 2.19 bits per heavy atom. The van der Waals surface area contributed by atoms with Crippen molar-refractivity contribution in [3.8, 4) is 0 Å². The van der Waals surface area contributed by atoms with Crippen molar-refractivity contribution in [2.24, 2.45) is 4.99 Å². The number of benzene rings is 1. The molecule has 1 aliphatic rings. The molecule has 0 aliphatic carbocycles. The van der Waals surface area contributed by atoms with Crippen LogP contribution in [0.5, 0.6) is 0 Å². The summed E-state index contributed by atoms with van der Waals surface area (Å²) in [6.45, 7) is 2.71. The van der Waals surface area contributed by atoms with Gasteiger partial charge in [-0.15, -0.1) is 12.4 Å². The molecule has 3 rings (SSSR count). The van der Waals surface area contributed by atoms with Crippen LogP contribution in [-0.2, 0) is 6.54 Å². The second-order valence-electron chi connectivity index (χ2n) is 3.74. The zero-order valence-electron chi connectivity index (χ0n) is 8.80. The van der Waals surface area contributed by atoms with Crippen LogP contribution in [0, 0.1) is 0 Å². The third-order valence-electron chi connectivity index (χ3n) is 2.70. The van der Waals surface area contributed by atoms with Gasteiger partial charge in [0.15, 0.2) is 0 Å². The van der Waals surface area contributed by atoms with E-state index < -0.39 is 0 Å². The van der Waals surface area contributed by atoms with Gasteiger partial charge in [-0.2, -0.15) is 0 Å². The molecule has 0 saturated carbocycles. The standard InChI is InChI=1S/C12H12N2O.ClH/c1-2-4-11-10(3-1)8-15-12(11)7-14-6-5-13-9-14;/h1-4,8-9H,5-7H2;1H. The van der Waals surface area contributed by atoms with Crippen molar-refractivity contribution >= 4 is 29.5 Å². The van der Waals surface area contributed by atoms with Gasteiger partial charge >= 0.3 is 0 Å². The van der Waals surface area contributed by atoms with Crippen LogP contribution in [0.1, 0.15) is 5.76 Å². The summed E-state index contributed by atoms with van der Waals surface area (Å²) in [5.41, 5.74) is 0. The molecule has 0 unspecified atom stereocenters. The topological polar surface area (TPSA) is 28.7 Å². The Kier molecular flexibility index (Phi) is 3.15. The second-order valence-corrected chi connectivity index (χ2v) is 3.74. The Morgan fingerprint density at radius 1 is 1.31 bits per heavy atom. The minimum atomic E-state index is 0. The second kappa shape index (κ2) is 4.58. The first kappa shape index (κ1) is 11.0. The third-order valence-corrected chi connectivity index (χ3v) is 2.70. The highest BCUT2D eigenvalue weighted by Gasteiger charge is 2.11. The van der Waals surface area contributed by atoms with E-state index in [0.717, 1.165) is 25.4 Å². The fourth-order valence-corrected chi connectivity index (χ4v) is 1.90. The maximum Gasteiger partial charge on any atom is 0.130 e. The summed E-state index contributed by atoms with van der Waals surface area (Å²) in [4.78, 5) is 6.36.